The Morgan fingerprint density at radius 3 is 2.19 bits per heavy atom. The zero-order valence-electron chi connectivity index (χ0n) is 22.1. The van der Waals surface area contributed by atoms with Crippen molar-refractivity contribution in [2.75, 3.05) is 13.7 Å². The maximum atomic E-state index is 13.7. The lowest BCUT2D eigenvalue weighted by Crippen LogP contribution is -2.52. The first-order valence-electron chi connectivity index (χ1n) is 12.3. The molecule has 0 bridgehead atoms. The molecule has 0 aliphatic heterocycles. The van der Waals surface area contributed by atoms with Gasteiger partial charge < -0.3 is 19.7 Å². The largest absolute Gasteiger partial charge is 0.497 e. The molecule has 1 N–H and O–H groups in total. The minimum absolute atomic E-state index is 0.0653. The van der Waals surface area contributed by atoms with Crippen LogP contribution >= 0.6 is 15.9 Å². The van der Waals surface area contributed by atoms with Crippen molar-refractivity contribution < 1.29 is 19.1 Å². The van der Waals surface area contributed by atoms with E-state index in [1.165, 1.54) is 0 Å². The van der Waals surface area contributed by atoms with E-state index in [9.17, 15) is 9.59 Å². The predicted molar refractivity (Wildman–Crippen MR) is 150 cm³/mol. The summed E-state index contributed by atoms with van der Waals surface area (Å²) in [5.41, 5.74) is 3.87. The van der Waals surface area contributed by atoms with Crippen LogP contribution in [0.1, 0.15) is 36.1 Å². The van der Waals surface area contributed by atoms with Crippen LogP contribution in [-0.2, 0) is 22.6 Å². The molecular weight excluding hydrogens is 532 g/mol. The van der Waals surface area contributed by atoms with Crippen LogP contribution in [0.4, 0.5) is 0 Å². The molecule has 6 nitrogen and oxygen atoms in total. The van der Waals surface area contributed by atoms with Gasteiger partial charge in [0, 0.05) is 23.5 Å². The molecule has 3 aromatic rings. The van der Waals surface area contributed by atoms with E-state index in [1.54, 1.807) is 12.0 Å². The quantitative estimate of drug-likeness (QED) is 0.327. The molecule has 0 saturated carbocycles. The number of carbonyl (C=O) groups excluding carboxylic acids is 2. The van der Waals surface area contributed by atoms with Crippen molar-refractivity contribution in [2.45, 2.75) is 52.7 Å². The molecule has 0 radical (unpaired) electrons. The van der Waals surface area contributed by atoms with Gasteiger partial charge in [0.2, 0.25) is 5.91 Å². The van der Waals surface area contributed by atoms with E-state index in [0.29, 0.717) is 17.9 Å². The number of nitrogens with zero attached hydrogens (tertiary/aromatic N) is 1. The average molecular weight is 568 g/mol. The molecule has 1 atom stereocenters. The Bertz CT molecular complexity index is 1190. The number of rotatable bonds is 11. The van der Waals surface area contributed by atoms with Gasteiger partial charge >= 0.3 is 0 Å². The summed E-state index contributed by atoms with van der Waals surface area (Å²) in [6.07, 6.45) is 0.381. The summed E-state index contributed by atoms with van der Waals surface area (Å²) in [6, 6.07) is 20.3. The molecule has 0 saturated heterocycles. The van der Waals surface area contributed by atoms with E-state index in [4.69, 9.17) is 9.47 Å². The highest BCUT2D eigenvalue weighted by Gasteiger charge is 2.31. The van der Waals surface area contributed by atoms with Crippen LogP contribution in [0.5, 0.6) is 11.5 Å². The number of benzene rings is 3. The maximum absolute atomic E-state index is 13.7. The summed E-state index contributed by atoms with van der Waals surface area (Å²) in [4.78, 5) is 28.8. The van der Waals surface area contributed by atoms with Gasteiger partial charge in [0.15, 0.2) is 6.61 Å². The van der Waals surface area contributed by atoms with Gasteiger partial charge in [0.05, 0.1) is 7.11 Å². The fourth-order valence-corrected chi connectivity index (χ4v) is 4.35. The lowest BCUT2D eigenvalue weighted by Gasteiger charge is -2.32. The van der Waals surface area contributed by atoms with Gasteiger partial charge in [-0.1, -0.05) is 58.4 Å². The molecule has 3 aromatic carbocycles. The first-order valence-corrected chi connectivity index (χ1v) is 13.1. The fraction of sp³-hybridized carbons (Fsp3) is 0.333. The molecule has 196 valence electrons. The van der Waals surface area contributed by atoms with Gasteiger partial charge in [-0.3, -0.25) is 9.59 Å². The Labute approximate surface area is 228 Å². The van der Waals surface area contributed by atoms with Crippen LogP contribution in [0.2, 0.25) is 0 Å². The number of aryl methyl sites for hydroxylation is 2. The summed E-state index contributed by atoms with van der Waals surface area (Å²) in [5, 5.41) is 3.00. The number of amides is 2. The molecule has 0 unspecified atom stereocenters. The fourth-order valence-electron chi connectivity index (χ4n) is 4.12. The average Bonchev–Trinajstić information content (AvgIpc) is 2.88. The number of nitrogens with one attached hydrogen (secondary N) is 1. The topological polar surface area (TPSA) is 67.9 Å². The Kier molecular flexibility index (Phi) is 10.1. The number of methoxy groups -OCH3 is 1. The number of hydrogen-bond acceptors (Lipinski definition) is 4. The first-order chi connectivity index (χ1) is 17.7. The standard InChI is InChI=1S/C30H35BrN2O4/c1-20(2)32-30(35)27(17-23-10-7-6-8-11-23)33(18-24-12-9-13-25(16-24)36-5)28(34)19-37-26-14-21(3)29(31)22(4)15-26/h6-16,20,27H,17-19H2,1-5H3,(H,32,35)/t27-/m0/s1. The second-order valence-electron chi connectivity index (χ2n) is 9.40. The number of ether oxygens (including phenoxy) is 2. The minimum atomic E-state index is -0.722. The monoisotopic (exact) mass is 566 g/mol. The normalized spacial score (nSPS) is 11.6. The van der Waals surface area contributed by atoms with Crippen LogP contribution in [0.3, 0.4) is 0 Å². The van der Waals surface area contributed by atoms with Crippen molar-refractivity contribution in [1.82, 2.24) is 10.2 Å². The van der Waals surface area contributed by atoms with Crippen LogP contribution in [0.25, 0.3) is 0 Å². The molecule has 0 aliphatic carbocycles. The number of hydrogen-bond donors (Lipinski definition) is 1. The second-order valence-corrected chi connectivity index (χ2v) is 10.2. The van der Waals surface area contributed by atoms with Crippen molar-refractivity contribution in [3.63, 3.8) is 0 Å². The second kappa shape index (κ2) is 13.3. The summed E-state index contributed by atoms with van der Waals surface area (Å²) in [6.45, 7) is 7.82. The van der Waals surface area contributed by atoms with Crippen LogP contribution in [0.15, 0.2) is 71.2 Å². The van der Waals surface area contributed by atoms with E-state index in [1.807, 2.05) is 94.4 Å². The Morgan fingerprint density at radius 1 is 0.919 bits per heavy atom. The Morgan fingerprint density at radius 2 is 1.57 bits per heavy atom. The summed E-state index contributed by atoms with van der Waals surface area (Å²) < 4.78 is 12.3. The molecule has 0 heterocycles. The molecule has 0 spiro atoms. The molecular formula is C30H35BrN2O4. The smallest absolute Gasteiger partial charge is 0.261 e. The highest BCUT2D eigenvalue weighted by molar-refractivity contribution is 9.10. The van der Waals surface area contributed by atoms with E-state index in [0.717, 1.165) is 26.7 Å². The van der Waals surface area contributed by atoms with Gasteiger partial charge in [-0.2, -0.15) is 0 Å². The number of carbonyl (C=O) groups is 2. The van der Waals surface area contributed by atoms with Gasteiger partial charge in [-0.25, -0.2) is 0 Å². The number of halogens is 1. The summed E-state index contributed by atoms with van der Waals surface area (Å²) in [7, 11) is 1.60. The molecule has 7 heteroatoms. The van der Waals surface area contributed by atoms with E-state index < -0.39 is 6.04 Å². The highest BCUT2D eigenvalue weighted by atomic mass is 79.9. The highest BCUT2D eigenvalue weighted by Crippen LogP contribution is 2.26. The lowest BCUT2D eigenvalue weighted by atomic mass is 10.0. The zero-order chi connectivity index (χ0) is 26.9. The van der Waals surface area contributed by atoms with Gasteiger partial charge in [0.25, 0.3) is 5.91 Å². The molecule has 0 fully saturated rings. The van der Waals surface area contributed by atoms with Gasteiger partial charge in [-0.05, 0) is 74.2 Å². The summed E-state index contributed by atoms with van der Waals surface area (Å²) in [5.74, 6) is 0.818. The minimum Gasteiger partial charge on any atom is -0.497 e. The van der Waals surface area contributed by atoms with Crippen molar-refractivity contribution in [1.29, 1.82) is 0 Å². The van der Waals surface area contributed by atoms with Crippen LogP contribution in [-0.4, -0.2) is 42.5 Å². The third-order valence-corrected chi connectivity index (χ3v) is 7.21. The van der Waals surface area contributed by atoms with Crippen molar-refractivity contribution >= 4 is 27.7 Å². The Hall–Kier alpha value is -3.32. The first kappa shape index (κ1) is 28.3. The molecule has 37 heavy (non-hydrogen) atoms. The molecule has 0 aromatic heterocycles. The van der Waals surface area contributed by atoms with Gasteiger partial charge in [0.1, 0.15) is 17.5 Å². The SMILES string of the molecule is COc1cccc(CN(C(=O)COc2cc(C)c(Br)c(C)c2)[C@@H](Cc2ccccc2)C(=O)NC(C)C)c1. The van der Waals surface area contributed by atoms with Crippen molar-refractivity contribution in [2.24, 2.45) is 0 Å². The molecule has 3 rings (SSSR count). The van der Waals surface area contributed by atoms with Crippen molar-refractivity contribution in [3.05, 3.63) is 93.5 Å². The lowest BCUT2D eigenvalue weighted by molar-refractivity contribution is -0.143. The van der Waals surface area contributed by atoms with E-state index >= 15 is 0 Å². The molecule has 2 amide bonds. The van der Waals surface area contributed by atoms with E-state index in [-0.39, 0.29) is 31.0 Å². The van der Waals surface area contributed by atoms with Gasteiger partial charge in [-0.15, -0.1) is 0 Å². The maximum Gasteiger partial charge on any atom is 0.261 e. The predicted octanol–water partition coefficient (Wildman–Crippen LogP) is 5.62. The summed E-state index contributed by atoms with van der Waals surface area (Å²) >= 11 is 3.57. The molecule has 0 aliphatic rings. The van der Waals surface area contributed by atoms with E-state index in [2.05, 4.69) is 21.2 Å². The Balaban J connectivity index is 1.94. The zero-order valence-corrected chi connectivity index (χ0v) is 23.7. The van der Waals surface area contributed by atoms with Crippen LogP contribution in [0, 0.1) is 13.8 Å². The van der Waals surface area contributed by atoms with Crippen LogP contribution < -0.4 is 14.8 Å². The van der Waals surface area contributed by atoms with Crippen molar-refractivity contribution in [3.8, 4) is 11.5 Å². The third-order valence-electron chi connectivity index (χ3n) is 5.96. The third kappa shape index (κ3) is 8.09.